The number of ketones is 2. The first-order valence-electron chi connectivity index (χ1n) is 26.4. The molecule has 0 aromatic heterocycles. The summed E-state index contributed by atoms with van der Waals surface area (Å²) in [6.45, 7) is 39.0. The number of carbonyl (C=O) groups excluding carboxylic acids is 2. The van der Waals surface area contributed by atoms with Gasteiger partial charge in [0.2, 0.25) is 22.8 Å². The van der Waals surface area contributed by atoms with E-state index in [1.54, 1.807) is 96.9 Å². The molecule has 4 unspecified atom stereocenters. The van der Waals surface area contributed by atoms with Gasteiger partial charge in [0.05, 0.1) is 0 Å². The second kappa shape index (κ2) is 27.3. The Labute approximate surface area is 426 Å². The molecule has 0 aliphatic heterocycles. The fourth-order valence-corrected chi connectivity index (χ4v) is 12.4. The Kier molecular flexibility index (Phi) is 25.1. The van der Waals surface area contributed by atoms with Crippen LogP contribution >= 0.6 is 0 Å². The fraction of sp³-hybridized carbons (Fsp3) is 0.887. The molecule has 0 amide bonds. The molecule has 2 aliphatic rings. The van der Waals surface area contributed by atoms with E-state index in [9.17, 15) is 0 Å². The molecular weight excluding hydrogens is 925 g/mol. The molecule has 71 heavy (non-hydrogen) atoms. The van der Waals surface area contributed by atoms with Crippen LogP contribution in [0.3, 0.4) is 0 Å². The van der Waals surface area contributed by atoms with E-state index >= 15 is 9.59 Å². The van der Waals surface area contributed by atoms with Gasteiger partial charge in [-0.25, -0.2) is 0 Å². The van der Waals surface area contributed by atoms with E-state index in [0.29, 0.717) is 0 Å². The Morgan fingerprint density at radius 1 is 0.338 bits per heavy atom. The average molecular weight is 1020 g/mol. The zero-order chi connectivity index (χ0) is 54.1. The van der Waals surface area contributed by atoms with Gasteiger partial charge in [0.15, 0.2) is 11.6 Å². The highest BCUT2D eigenvalue weighted by atomic mass is 16.8. The van der Waals surface area contributed by atoms with E-state index < -0.39 is 86.9 Å². The van der Waals surface area contributed by atoms with E-state index in [-0.39, 0.29) is 106 Å². The average Bonchev–Trinajstić information content (AvgIpc) is 3.33. The summed E-state index contributed by atoms with van der Waals surface area (Å²) in [5, 5.41) is 0. The monoisotopic (exact) mass is 1020 g/mol. The number of ether oxygens (including phenoxy) is 16. The van der Waals surface area contributed by atoms with E-state index in [4.69, 9.17) is 75.8 Å². The number of hydrogen-bond acceptors (Lipinski definition) is 18. The first-order chi connectivity index (χ1) is 33.8. The van der Waals surface area contributed by atoms with Crippen molar-refractivity contribution < 1.29 is 85.4 Å². The Morgan fingerprint density at radius 2 is 0.535 bits per heavy atom. The molecular formula is C53H96O18. The molecule has 0 heterocycles. The molecule has 4 atom stereocenters. The standard InChI is InChI=1S/C53H96O18/c1-21-41(54)48(62-29-9)46(58-25-5,59-26-6)39-44(56-23-3,50(64-31-11,65-32-12)52(48,68-35-15)69-36-16)43(19,20)45(57-24-4)40-47(60-27-7,61-28-8)49(63-30-10,42(55)22-2)53(70-37-17,71-38-18)51(45,66-33-13)67-34-14/h21-22H,1-2,23-40H2,3-20H3. The lowest BCUT2D eigenvalue weighted by Gasteiger charge is -2.76. The van der Waals surface area contributed by atoms with Crippen molar-refractivity contribution in [3.05, 3.63) is 25.3 Å². The van der Waals surface area contributed by atoms with Crippen LogP contribution in [0.25, 0.3) is 0 Å². The first-order valence-corrected chi connectivity index (χ1v) is 26.4. The maximum absolute atomic E-state index is 15.6. The molecule has 2 rings (SSSR count). The van der Waals surface area contributed by atoms with E-state index in [1.807, 2.05) is 27.7 Å². The molecule has 0 aromatic carbocycles. The molecule has 0 radical (unpaired) electrons. The first kappa shape index (κ1) is 65.3. The lowest BCUT2D eigenvalue weighted by atomic mass is 9.44. The summed E-state index contributed by atoms with van der Waals surface area (Å²) in [6.07, 6.45) is 1.38. The minimum absolute atomic E-state index is 0.0267. The number of rotatable bonds is 38. The van der Waals surface area contributed by atoms with Crippen molar-refractivity contribution in [2.24, 2.45) is 5.41 Å². The largest absolute Gasteiger partial charge is 0.369 e. The second-order valence-electron chi connectivity index (χ2n) is 17.0. The van der Waals surface area contributed by atoms with Crippen molar-refractivity contribution in [2.75, 3.05) is 106 Å². The van der Waals surface area contributed by atoms with Crippen LogP contribution in [0.5, 0.6) is 0 Å². The Bertz CT molecular complexity index is 1500. The summed E-state index contributed by atoms with van der Waals surface area (Å²) in [4.78, 5) is 31.3. The van der Waals surface area contributed by atoms with Crippen LogP contribution in [0, 0.1) is 5.41 Å². The van der Waals surface area contributed by atoms with Crippen LogP contribution in [-0.2, 0) is 85.4 Å². The molecule has 0 N–H and O–H groups in total. The van der Waals surface area contributed by atoms with Crippen LogP contribution in [0.4, 0.5) is 0 Å². The van der Waals surface area contributed by atoms with Crippen LogP contribution < -0.4 is 0 Å². The molecule has 0 aromatic rings. The summed E-state index contributed by atoms with van der Waals surface area (Å²) in [7, 11) is 0. The zero-order valence-corrected chi connectivity index (χ0v) is 47.1. The second-order valence-corrected chi connectivity index (χ2v) is 17.0. The molecule has 0 saturated heterocycles. The van der Waals surface area contributed by atoms with Gasteiger partial charge in [-0.2, -0.15) is 0 Å². The predicted molar refractivity (Wildman–Crippen MR) is 267 cm³/mol. The quantitative estimate of drug-likeness (QED) is 0.0427. The predicted octanol–water partition coefficient (Wildman–Crippen LogP) is 8.05. The van der Waals surface area contributed by atoms with Crippen LogP contribution in [0.2, 0.25) is 0 Å². The summed E-state index contributed by atoms with van der Waals surface area (Å²) in [6, 6.07) is 0. The van der Waals surface area contributed by atoms with E-state index in [0.717, 1.165) is 12.2 Å². The van der Waals surface area contributed by atoms with Gasteiger partial charge in [-0.05, 0) is 123 Å². The van der Waals surface area contributed by atoms with Crippen molar-refractivity contribution in [3.63, 3.8) is 0 Å². The highest BCUT2D eigenvalue weighted by Gasteiger charge is 2.97. The number of hydrogen-bond donors (Lipinski definition) is 0. The third-order valence-corrected chi connectivity index (χ3v) is 13.8. The normalized spacial score (nSPS) is 27.3. The molecule has 2 fully saturated rings. The van der Waals surface area contributed by atoms with Crippen molar-refractivity contribution in [3.8, 4) is 0 Å². The summed E-state index contributed by atoms with van der Waals surface area (Å²) in [5.74, 6) is -15.8. The molecule has 18 heteroatoms. The number of carbonyl (C=O) groups is 2. The SMILES string of the molecule is C=CC(=O)C1(OCC)C(OCC)(OCC)CC(OCC)(C(C)(C)C2(OCC)CC(OCC)(OCC)C(OCC)(C(=O)C=C)C(OCC)(OCC)C2(OCC)OCC)C(OCC)(OCC)C1(OCC)OCC. The van der Waals surface area contributed by atoms with Crippen molar-refractivity contribution >= 4 is 11.6 Å². The summed E-state index contributed by atoms with van der Waals surface area (Å²) >= 11 is 0. The van der Waals surface area contributed by atoms with Crippen molar-refractivity contribution in [1.82, 2.24) is 0 Å². The Balaban J connectivity index is 4.15. The summed E-state index contributed by atoms with van der Waals surface area (Å²) in [5.41, 5.74) is -11.0. The zero-order valence-electron chi connectivity index (χ0n) is 47.1. The topological polar surface area (TPSA) is 182 Å². The van der Waals surface area contributed by atoms with E-state index in [2.05, 4.69) is 13.2 Å². The Hall–Kier alpha value is -1.82. The molecule has 18 nitrogen and oxygen atoms in total. The maximum atomic E-state index is 15.6. The van der Waals surface area contributed by atoms with Gasteiger partial charge < -0.3 is 75.8 Å². The lowest BCUT2D eigenvalue weighted by molar-refractivity contribution is -0.576. The van der Waals surface area contributed by atoms with Gasteiger partial charge in [-0.15, -0.1) is 0 Å². The van der Waals surface area contributed by atoms with Crippen LogP contribution in [-0.4, -0.2) is 174 Å². The fourth-order valence-electron chi connectivity index (χ4n) is 12.4. The third kappa shape index (κ3) is 9.20. The van der Waals surface area contributed by atoms with Gasteiger partial charge in [0.25, 0.3) is 23.1 Å². The lowest BCUT2D eigenvalue weighted by Crippen LogP contribution is -2.98. The van der Waals surface area contributed by atoms with Gasteiger partial charge in [-0.3, -0.25) is 9.59 Å². The molecule has 0 bridgehead atoms. The molecule has 0 spiro atoms. The van der Waals surface area contributed by atoms with Crippen LogP contribution in [0.15, 0.2) is 25.3 Å². The molecule has 2 saturated carbocycles. The molecule has 2 aliphatic carbocycles. The Morgan fingerprint density at radius 3 is 0.718 bits per heavy atom. The van der Waals surface area contributed by atoms with Gasteiger partial charge in [0, 0.05) is 124 Å². The summed E-state index contributed by atoms with van der Waals surface area (Å²) < 4.78 is 115. The third-order valence-electron chi connectivity index (χ3n) is 13.8. The van der Waals surface area contributed by atoms with Crippen LogP contribution in [0.1, 0.15) is 137 Å². The van der Waals surface area contributed by atoms with Gasteiger partial charge >= 0.3 is 0 Å². The molecule has 416 valence electrons. The van der Waals surface area contributed by atoms with Gasteiger partial charge in [-0.1, -0.05) is 27.0 Å². The minimum atomic E-state index is -2.53. The minimum Gasteiger partial charge on any atom is -0.369 e. The highest BCUT2D eigenvalue weighted by molar-refractivity contribution is 6.00. The van der Waals surface area contributed by atoms with Gasteiger partial charge in [0.1, 0.15) is 11.2 Å². The van der Waals surface area contributed by atoms with Crippen molar-refractivity contribution in [2.45, 2.75) is 195 Å². The van der Waals surface area contributed by atoms with Crippen molar-refractivity contribution in [1.29, 1.82) is 0 Å². The maximum Gasteiger partial charge on any atom is 0.270 e. The highest BCUT2D eigenvalue weighted by Crippen LogP contribution is 2.74. The van der Waals surface area contributed by atoms with E-state index in [1.165, 1.54) is 0 Å². The smallest absolute Gasteiger partial charge is 0.270 e.